The summed E-state index contributed by atoms with van der Waals surface area (Å²) in [5, 5.41) is 0. The maximum absolute atomic E-state index is 13.4. The third-order valence-electron chi connectivity index (χ3n) is 14.3. The first-order chi connectivity index (χ1) is 16.6. The fraction of sp³-hybridized carbons (Fsp3) is 0.938. The number of ether oxygens (including phenoxy) is 2. The van der Waals surface area contributed by atoms with Crippen LogP contribution in [0.5, 0.6) is 0 Å². The zero-order valence-corrected chi connectivity index (χ0v) is 24.2. The minimum absolute atomic E-state index is 0.00113. The Bertz CT molecular complexity index is 983. The standard InChI is InChI=1S/C32H50O4/c1-19(33)35-23-12-13-29(6)21(28(23,4)5)11-14-31(8)22(29)10-9-20-24-25-27(2,3)15-17-32(24,26(34)36-25)18-16-30(20,31)7/h20-25H,9-18H2,1-8H3/t20-,21-,22-,23+,24+,25+,29+,30-,31-,32+/m1/s1. The van der Waals surface area contributed by atoms with Crippen LogP contribution in [-0.2, 0) is 19.1 Å². The average Bonchev–Trinajstić information content (AvgIpc) is 3.03. The van der Waals surface area contributed by atoms with Crippen LogP contribution < -0.4 is 0 Å². The lowest BCUT2D eigenvalue weighted by Gasteiger charge is -2.73. The monoisotopic (exact) mass is 498 g/mol. The van der Waals surface area contributed by atoms with Crippen molar-refractivity contribution in [2.45, 2.75) is 132 Å². The molecule has 36 heavy (non-hydrogen) atoms. The molecule has 4 heteroatoms. The molecule has 5 aliphatic carbocycles. The van der Waals surface area contributed by atoms with E-state index in [4.69, 9.17) is 9.47 Å². The minimum atomic E-state index is -0.210. The third kappa shape index (κ3) is 2.83. The molecule has 0 aromatic rings. The fourth-order valence-electron chi connectivity index (χ4n) is 12.2. The van der Waals surface area contributed by atoms with Gasteiger partial charge in [0.2, 0.25) is 0 Å². The Labute approximate surface area is 219 Å². The van der Waals surface area contributed by atoms with Crippen molar-refractivity contribution >= 4 is 11.9 Å². The molecule has 4 nitrogen and oxygen atoms in total. The molecule has 6 fully saturated rings. The number of hydrogen-bond donors (Lipinski definition) is 0. The van der Waals surface area contributed by atoms with Gasteiger partial charge in [0.25, 0.3) is 0 Å². The average molecular weight is 499 g/mol. The number of carbonyl (C=O) groups is 2. The van der Waals surface area contributed by atoms with Crippen molar-refractivity contribution in [3.05, 3.63) is 0 Å². The van der Waals surface area contributed by atoms with Gasteiger partial charge in [0.15, 0.2) is 0 Å². The summed E-state index contributed by atoms with van der Waals surface area (Å²) in [4.78, 5) is 25.3. The van der Waals surface area contributed by atoms with Gasteiger partial charge in [0, 0.05) is 23.7 Å². The molecule has 10 atom stereocenters. The van der Waals surface area contributed by atoms with Crippen molar-refractivity contribution in [2.75, 3.05) is 0 Å². The molecule has 1 heterocycles. The van der Waals surface area contributed by atoms with Crippen LogP contribution >= 0.6 is 0 Å². The summed E-state index contributed by atoms with van der Waals surface area (Å²) in [6.07, 6.45) is 11.6. The Balaban J connectivity index is 1.36. The Morgan fingerprint density at radius 3 is 2.19 bits per heavy atom. The minimum Gasteiger partial charge on any atom is -0.462 e. The van der Waals surface area contributed by atoms with Crippen LogP contribution in [0.2, 0.25) is 0 Å². The van der Waals surface area contributed by atoms with Gasteiger partial charge in [-0.15, -0.1) is 0 Å². The predicted molar refractivity (Wildman–Crippen MR) is 140 cm³/mol. The number of fused-ring (bicyclic) bond motifs is 5. The highest BCUT2D eigenvalue weighted by Gasteiger charge is 2.75. The quantitative estimate of drug-likeness (QED) is 0.355. The first kappa shape index (κ1) is 25.2. The lowest BCUT2D eigenvalue weighted by atomic mass is 9.31. The van der Waals surface area contributed by atoms with E-state index in [2.05, 4.69) is 48.5 Å². The van der Waals surface area contributed by atoms with E-state index >= 15 is 0 Å². The largest absolute Gasteiger partial charge is 0.462 e. The molecule has 0 unspecified atom stereocenters. The molecule has 6 aliphatic rings. The summed E-state index contributed by atoms with van der Waals surface area (Å²) in [7, 11) is 0. The van der Waals surface area contributed by atoms with E-state index in [1.807, 2.05) is 0 Å². The van der Waals surface area contributed by atoms with Gasteiger partial charge in [-0.2, -0.15) is 0 Å². The summed E-state index contributed by atoms with van der Waals surface area (Å²) < 4.78 is 12.2. The van der Waals surface area contributed by atoms with Gasteiger partial charge in [-0.05, 0) is 98.2 Å². The Morgan fingerprint density at radius 2 is 1.50 bits per heavy atom. The topological polar surface area (TPSA) is 52.6 Å². The first-order valence-electron chi connectivity index (χ1n) is 15.0. The zero-order chi connectivity index (χ0) is 26.1. The summed E-state index contributed by atoms with van der Waals surface area (Å²) in [5.41, 5.74) is 0.665. The number of rotatable bonds is 1. The molecule has 0 aromatic carbocycles. The molecule has 0 amide bonds. The Morgan fingerprint density at radius 1 is 0.806 bits per heavy atom. The lowest BCUT2D eigenvalue weighted by molar-refractivity contribution is -0.254. The smallest absolute Gasteiger partial charge is 0.312 e. The molecular weight excluding hydrogens is 448 g/mol. The SMILES string of the molecule is CC(=O)O[C@H]1CC[C@@]2(C)[C@H](CC[C@]3(C)[C@@H]2CC[C@@H]2[C@H]4[C@@H]5OC(=O)[C@@]4(CCC5(C)C)CC[C@]23C)C1(C)C. The molecular formula is C32H50O4. The van der Waals surface area contributed by atoms with Crippen LogP contribution in [0.15, 0.2) is 0 Å². The highest BCUT2D eigenvalue weighted by Crippen LogP contribution is 2.78. The predicted octanol–water partition coefficient (Wildman–Crippen LogP) is 7.34. The summed E-state index contributed by atoms with van der Waals surface area (Å²) in [6, 6.07) is 0. The molecule has 0 aromatic heterocycles. The second-order valence-corrected chi connectivity index (χ2v) is 16.1. The van der Waals surface area contributed by atoms with Crippen LogP contribution in [-0.4, -0.2) is 24.1 Å². The highest BCUT2D eigenvalue weighted by molar-refractivity contribution is 5.81. The Kier molecular flexibility index (Phi) is 5.13. The van der Waals surface area contributed by atoms with Gasteiger partial charge in [0.05, 0.1) is 5.41 Å². The van der Waals surface area contributed by atoms with E-state index in [1.54, 1.807) is 6.92 Å². The van der Waals surface area contributed by atoms with Crippen LogP contribution in [0.1, 0.15) is 120 Å². The molecule has 2 bridgehead atoms. The van der Waals surface area contributed by atoms with Crippen molar-refractivity contribution in [2.24, 2.45) is 56.2 Å². The molecule has 6 rings (SSSR count). The van der Waals surface area contributed by atoms with Gasteiger partial charge in [-0.25, -0.2) is 0 Å². The first-order valence-corrected chi connectivity index (χ1v) is 15.0. The van der Waals surface area contributed by atoms with E-state index in [0.717, 1.165) is 32.1 Å². The van der Waals surface area contributed by atoms with E-state index < -0.39 is 0 Å². The van der Waals surface area contributed by atoms with Crippen LogP contribution in [0.3, 0.4) is 0 Å². The van der Waals surface area contributed by atoms with Crippen molar-refractivity contribution in [1.29, 1.82) is 0 Å². The van der Waals surface area contributed by atoms with E-state index in [0.29, 0.717) is 23.7 Å². The molecule has 0 spiro atoms. The summed E-state index contributed by atoms with van der Waals surface area (Å²) in [6.45, 7) is 18.9. The van der Waals surface area contributed by atoms with Crippen molar-refractivity contribution < 1.29 is 19.1 Å². The second-order valence-electron chi connectivity index (χ2n) is 16.1. The molecule has 1 saturated heterocycles. The van der Waals surface area contributed by atoms with Gasteiger partial charge < -0.3 is 9.47 Å². The molecule has 1 aliphatic heterocycles. The molecule has 202 valence electrons. The second kappa shape index (κ2) is 7.32. The van der Waals surface area contributed by atoms with Gasteiger partial charge in [-0.1, -0.05) is 48.5 Å². The maximum Gasteiger partial charge on any atom is 0.312 e. The number of esters is 2. The lowest BCUT2D eigenvalue weighted by Crippen LogP contribution is -2.68. The highest BCUT2D eigenvalue weighted by atomic mass is 16.6. The third-order valence-corrected chi connectivity index (χ3v) is 14.3. The van der Waals surface area contributed by atoms with E-state index in [9.17, 15) is 9.59 Å². The molecule has 5 saturated carbocycles. The molecule has 0 N–H and O–H groups in total. The van der Waals surface area contributed by atoms with Crippen LogP contribution in [0.4, 0.5) is 0 Å². The van der Waals surface area contributed by atoms with Gasteiger partial charge in [0.1, 0.15) is 12.2 Å². The van der Waals surface area contributed by atoms with E-state index in [-0.39, 0.29) is 56.6 Å². The summed E-state index contributed by atoms with van der Waals surface area (Å²) >= 11 is 0. The van der Waals surface area contributed by atoms with Crippen molar-refractivity contribution in [3.63, 3.8) is 0 Å². The van der Waals surface area contributed by atoms with Crippen LogP contribution in [0, 0.1) is 56.2 Å². The maximum atomic E-state index is 13.4. The Hall–Kier alpha value is -1.06. The molecule has 0 radical (unpaired) electrons. The fourth-order valence-corrected chi connectivity index (χ4v) is 12.2. The number of hydrogen-bond acceptors (Lipinski definition) is 4. The van der Waals surface area contributed by atoms with Crippen molar-refractivity contribution in [3.8, 4) is 0 Å². The van der Waals surface area contributed by atoms with E-state index in [1.165, 1.54) is 32.1 Å². The summed E-state index contributed by atoms with van der Waals surface area (Å²) in [5.74, 6) is 2.23. The van der Waals surface area contributed by atoms with Gasteiger partial charge in [-0.3, -0.25) is 9.59 Å². The van der Waals surface area contributed by atoms with Gasteiger partial charge >= 0.3 is 11.9 Å². The van der Waals surface area contributed by atoms with Crippen molar-refractivity contribution in [1.82, 2.24) is 0 Å². The normalized spacial score (nSPS) is 54.3. The zero-order valence-electron chi connectivity index (χ0n) is 24.2. The number of carbonyl (C=O) groups excluding carboxylic acids is 2. The van der Waals surface area contributed by atoms with Crippen LogP contribution in [0.25, 0.3) is 0 Å².